The third-order valence-corrected chi connectivity index (χ3v) is 9.05. The second kappa shape index (κ2) is 8.33. The van der Waals surface area contributed by atoms with Gasteiger partial charge in [0, 0.05) is 25.7 Å². The van der Waals surface area contributed by atoms with Crippen molar-refractivity contribution >= 4 is 0 Å². The number of ether oxygens (including phenoxy) is 7. The molecule has 0 bridgehead atoms. The van der Waals surface area contributed by atoms with E-state index < -0.39 is 22.4 Å². The normalized spacial score (nSPS) is 39.8. The first-order valence-electron chi connectivity index (χ1n) is 13.7. The van der Waals surface area contributed by atoms with E-state index in [9.17, 15) is 0 Å². The quantitative estimate of drug-likeness (QED) is 0.363. The first kappa shape index (κ1) is 23.1. The Morgan fingerprint density at radius 2 is 0.865 bits per heavy atom. The van der Waals surface area contributed by atoms with E-state index in [1.807, 2.05) is 0 Å². The van der Waals surface area contributed by atoms with Crippen molar-refractivity contribution in [3.8, 4) is 0 Å². The van der Waals surface area contributed by atoms with Gasteiger partial charge in [-0.25, -0.2) is 0 Å². The Morgan fingerprint density at radius 1 is 0.568 bits per heavy atom. The number of hydrogen-bond donors (Lipinski definition) is 0. The SMILES string of the molecule is c1ccc(C2(C(CC3CO3)(CC3CO3)OC(CC3CO3)(CC3CO3)C3(c4ccccc4)CO3)CO2)cc1. The van der Waals surface area contributed by atoms with Gasteiger partial charge in [0.1, 0.15) is 22.4 Å². The summed E-state index contributed by atoms with van der Waals surface area (Å²) in [6.07, 6.45) is 3.65. The average molecular weight is 507 g/mol. The Kier molecular flexibility index (Phi) is 5.20. The summed E-state index contributed by atoms with van der Waals surface area (Å²) in [6, 6.07) is 21.1. The molecular formula is C30H34O7. The van der Waals surface area contributed by atoms with Crippen LogP contribution in [0, 0.1) is 0 Å². The molecule has 2 aromatic rings. The number of benzene rings is 2. The molecule has 6 aliphatic rings. The maximum Gasteiger partial charge on any atom is 0.145 e. The molecule has 0 aliphatic carbocycles. The molecule has 37 heavy (non-hydrogen) atoms. The Labute approximate surface area is 217 Å². The zero-order valence-corrected chi connectivity index (χ0v) is 21.0. The van der Waals surface area contributed by atoms with Crippen molar-refractivity contribution in [3.05, 3.63) is 71.8 Å². The molecule has 0 N–H and O–H groups in total. The van der Waals surface area contributed by atoms with E-state index in [2.05, 4.69) is 60.7 Å². The van der Waals surface area contributed by atoms with Gasteiger partial charge in [0.2, 0.25) is 0 Å². The highest BCUT2D eigenvalue weighted by Gasteiger charge is 2.73. The predicted molar refractivity (Wildman–Crippen MR) is 132 cm³/mol. The lowest BCUT2D eigenvalue weighted by atomic mass is 9.71. The van der Waals surface area contributed by atoms with Crippen LogP contribution in [-0.2, 0) is 44.4 Å². The van der Waals surface area contributed by atoms with Crippen molar-refractivity contribution in [3.63, 3.8) is 0 Å². The zero-order valence-electron chi connectivity index (χ0n) is 21.0. The van der Waals surface area contributed by atoms with Crippen LogP contribution in [0.5, 0.6) is 0 Å². The maximum atomic E-state index is 7.82. The summed E-state index contributed by atoms with van der Waals surface area (Å²) in [4.78, 5) is 0. The van der Waals surface area contributed by atoms with Gasteiger partial charge < -0.3 is 33.2 Å². The van der Waals surface area contributed by atoms with Crippen molar-refractivity contribution in [2.24, 2.45) is 0 Å². The molecule has 0 spiro atoms. The van der Waals surface area contributed by atoms with Gasteiger partial charge in [-0.15, -0.1) is 0 Å². The summed E-state index contributed by atoms with van der Waals surface area (Å²) in [5.41, 5.74) is -0.0950. The minimum absolute atomic E-state index is 0.156. The largest absolute Gasteiger partial charge is 0.373 e. The molecule has 0 saturated carbocycles. The van der Waals surface area contributed by atoms with E-state index in [-0.39, 0.29) is 24.4 Å². The number of hydrogen-bond acceptors (Lipinski definition) is 7. The molecule has 6 unspecified atom stereocenters. The fourth-order valence-electron chi connectivity index (χ4n) is 6.69. The summed E-state index contributed by atoms with van der Waals surface area (Å²) in [6.45, 7) is 4.26. The van der Waals surface area contributed by atoms with Crippen molar-refractivity contribution in [1.29, 1.82) is 0 Å². The van der Waals surface area contributed by atoms with Crippen LogP contribution in [0.1, 0.15) is 36.8 Å². The van der Waals surface area contributed by atoms with Crippen LogP contribution in [0.2, 0.25) is 0 Å². The average Bonchev–Trinajstić information content (AvgIpc) is 3.70. The van der Waals surface area contributed by atoms with Crippen molar-refractivity contribution in [1.82, 2.24) is 0 Å². The molecule has 0 radical (unpaired) electrons. The lowest BCUT2D eigenvalue weighted by Gasteiger charge is -2.49. The lowest BCUT2D eigenvalue weighted by molar-refractivity contribution is -0.235. The van der Waals surface area contributed by atoms with Crippen molar-refractivity contribution < 1.29 is 33.2 Å². The highest BCUT2D eigenvalue weighted by molar-refractivity contribution is 5.36. The second-order valence-electron chi connectivity index (χ2n) is 11.7. The topological polar surface area (TPSA) is 84.4 Å². The summed E-state index contributed by atoms with van der Waals surface area (Å²) in [7, 11) is 0. The summed E-state index contributed by atoms with van der Waals surface area (Å²) < 4.78 is 44.2. The van der Waals surface area contributed by atoms with Crippen molar-refractivity contribution in [2.45, 2.75) is 72.5 Å². The van der Waals surface area contributed by atoms with Gasteiger partial charge in [-0.3, -0.25) is 0 Å². The van der Waals surface area contributed by atoms with Crippen LogP contribution in [0.15, 0.2) is 60.7 Å². The Bertz CT molecular complexity index is 996. The summed E-state index contributed by atoms with van der Waals surface area (Å²) >= 11 is 0. The van der Waals surface area contributed by atoms with Crippen LogP contribution >= 0.6 is 0 Å². The van der Waals surface area contributed by atoms with E-state index in [4.69, 9.17) is 33.2 Å². The van der Waals surface area contributed by atoms with Crippen LogP contribution in [0.3, 0.4) is 0 Å². The predicted octanol–water partition coefficient (Wildman–Crippen LogP) is 3.49. The van der Waals surface area contributed by atoms with Crippen LogP contribution in [0.4, 0.5) is 0 Å². The molecule has 6 aliphatic heterocycles. The van der Waals surface area contributed by atoms with Crippen LogP contribution in [0.25, 0.3) is 0 Å². The van der Waals surface area contributed by atoms with Gasteiger partial charge in [-0.05, 0) is 11.1 Å². The lowest BCUT2D eigenvalue weighted by Crippen LogP contribution is -2.59. The van der Waals surface area contributed by atoms with E-state index in [1.54, 1.807) is 0 Å². The highest BCUT2D eigenvalue weighted by atomic mass is 16.7. The van der Waals surface area contributed by atoms with Gasteiger partial charge in [-0.1, -0.05) is 60.7 Å². The van der Waals surface area contributed by atoms with Crippen molar-refractivity contribution in [2.75, 3.05) is 39.6 Å². The molecule has 0 aromatic heterocycles. The number of epoxide rings is 6. The molecule has 6 fully saturated rings. The smallest absolute Gasteiger partial charge is 0.145 e. The third kappa shape index (κ3) is 4.16. The fourth-order valence-corrected chi connectivity index (χ4v) is 6.69. The van der Waals surface area contributed by atoms with Crippen LogP contribution < -0.4 is 0 Å². The first-order chi connectivity index (χ1) is 18.1. The molecule has 6 saturated heterocycles. The molecule has 6 atom stereocenters. The first-order valence-corrected chi connectivity index (χ1v) is 13.7. The molecule has 7 heteroatoms. The molecule has 7 nitrogen and oxygen atoms in total. The minimum Gasteiger partial charge on any atom is -0.373 e. The second-order valence-corrected chi connectivity index (χ2v) is 11.7. The molecular weight excluding hydrogens is 472 g/mol. The van der Waals surface area contributed by atoms with Gasteiger partial charge in [0.25, 0.3) is 0 Å². The Hall–Kier alpha value is -1.84. The third-order valence-electron chi connectivity index (χ3n) is 9.05. The molecule has 8 rings (SSSR count). The summed E-state index contributed by atoms with van der Waals surface area (Å²) in [5.74, 6) is 0. The highest BCUT2D eigenvalue weighted by Crippen LogP contribution is 2.63. The maximum absolute atomic E-state index is 7.82. The fraction of sp³-hybridized carbons (Fsp3) is 0.600. The molecule has 6 heterocycles. The number of rotatable bonds is 14. The Balaban J connectivity index is 1.27. The van der Waals surface area contributed by atoms with Gasteiger partial charge in [0.15, 0.2) is 0 Å². The van der Waals surface area contributed by atoms with Gasteiger partial charge in [0.05, 0.1) is 64.1 Å². The molecule has 2 aromatic carbocycles. The summed E-state index contributed by atoms with van der Waals surface area (Å²) in [5, 5.41) is 0. The minimum atomic E-state index is -0.645. The van der Waals surface area contributed by atoms with Gasteiger partial charge in [-0.2, -0.15) is 0 Å². The zero-order chi connectivity index (χ0) is 24.6. The molecule has 196 valence electrons. The van der Waals surface area contributed by atoms with E-state index in [1.165, 1.54) is 0 Å². The van der Waals surface area contributed by atoms with Gasteiger partial charge >= 0.3 is 0 Å². The van der Waals surface area contributed by atoms with E-state index in [0.29, 0.717) is 13.2 Å². The van der Waals surface area contributed by atoms with E-state index in [0.717, 1.165) is 63.2 Å². The van der Waals surface area contributed by atoms with E-state index >= 15 is 0 Å². The van der Waals surface area contributed by atoms with Crippen LogP contribution in [-0.4, -0.2) is 75.3 Å². The molecule has 0 amide bonds. The standard InChI is InChI=1S/C30H34O7/c1-3-7-21(8-4-1)29(19-35-29)27(11-23-15-31-23,12-24-16-32-24)37-28(13-25-17-33-25,14-26-18-34-26)30(20-36-30)22-9-5-2-6-10-22/h1-10,23-26H,11-20H2. The monoisotopic (exact) mass is 506 g/mol. The Morgan fingerprint density at radius 3 is 1.11 bits per heavy atom.